The number of unbranched alkanes of at least 4 members (excludes halogenated alkanes) is 1. The molecule has 0 fully saturated rings. The van der Waals surface area contributed by atoms with E-state index in [9.17, 15) is 14.0 Å². The molecular formula is C30H42FN7O3. The minimum Gasteiger partial charge on any atom is -0.380 e. The number of ether oxygens (including phenoxy) is 1. The van der Waals surface area contributed by atoms with E-state index in [0.29, 0.717) is 68.3 Å². The van der Waals surface area contributed by atoms with Crippen LogP contribution in [-0.2, 0) is 14.3 Å². The molecule has 222 valence electrons. The Morgan fingerprint density at radius 3 is 2.78 bits per heavy atom. The largest absolute Gasteiger partial charge is 0.380 e. The van der Waals surface area contributed by atoms with E-state index < -0.39 is 0 Å². The van der Waals surface area contributed by atoms with Gasteiger partial charge in [-0.25, -0.2) is 9.37 Å². The fourth-order valence-electron chi connectivity index (χ4n) is 3.50. The average Bonchev–Trinajstić information content (AvgIpc) is 2.94. The van der Waals surface area contributed by atoms with Gasteiger partial charge < -0.3 is 30.9 Å². The Balaban J connectivity index is 1.75. The Kier molecular flexibility index (Phi) is 15.5. The second-order valence-electron chi connectivity index (χ2n) is 9.58. The number of hydrogen-bond acceptors (Lipinski definition) is 8. The summed E-state index contributed by atoms with van der Waals surface area (Å²) in [7, 11) is 5.42. The number of carbonyl (C=O) groups is 2. The van der Waals surface area contributed by atoms with Gasteiger partial charge in [0, 0.05) is 57.9 Å². The Morgan fingerprint density at radius 1 is 1.22 bits per heavy atom. The first-order chi connectivity index (χ1) is 19.8. The third-order valence-electron chi connectivity index (χ3n) is 5.71. The van der Waals surface area contributed by atoms with Crippen molar-refractivity contribution in [1.29, 1.82) is 0 Å². The zero-order valence-electron chi connectivity index (χ0n) is 24.4. The molecule has 2 aromatic rings. The summed E-state index contributed by atoms with van der Waals surface area (Å²) in [6.45, 7) is 4.31. The molecular weight excluding hydrogens is 525 g/mol. The number of carbonyl (C=O) groups excluding carboxylic acids is 2. The van der Waals surface area contributed by atoms with Crippen molar-refractivity contribution in [3.63, 3.8) is 0 Å². The summed E-state index contributed by atoms with van der Waals surface area (Å²) in [5.41, 5.74) is 1.22. The smallest absolute Gasteiger partial charge is 0.243 e. The van der Waals surface area contributed by atoms with Gasteiger partial charge in [0.1, 0.15) is 11.6 Å². The zero-order valence-corrected chi connectivity index (χ0v) is 24.4. The molecule has 1 aromatic heterocycles. The quantitative estimate of drug-likeness (QED) is 0.130. The van der Waals surface area contributed by atoms with Gasteiger partial charge in [-0.15, -0.1) is 0 Å². The van der Waals surface area contributed by atoms with Crippen LogP contribution in [-0.4, -0.2) is 80.2 Å². The summed E-state index contributed by atoms with van der Waals surface area (Å²) in [5, 5.41) is 12.0. The standard InChI is InChI=1S/C30H42FN7O3/c1-5-17-33-29-23(21-35-30(37-29)36-25-13-9-12-24(31)20-25)11-7-6-8-18-32-28(40)16-15-26(41-4)22-34-27(39)14-10-19-38(2)3/h9-10,12-14,20-21,26H,5-6,8,15-19,22H2,1-4H3,(H,32,40)(H,34,39)(H2,33,35,36,37)/b14-10+/t26-/m1/s1. The number of nitrogens with one attached hydrogen (secondary N) is 4. The highest BCUT2D eigenvalue weighted by atomic mass is 19.1. The van der Waals surface area contributed by atoms with Crippen LogP contribution >= 0.6 is 0 Å². The molecule has 1 atom stereocenters. The second-order valence-corrected chi connectivity index (χ2v) is 9.58. The molecule has 0 unspecified atom stereocenters. The van der Waals surface area contributed by atoms with Crippen LogP contribution in [0.4, 0.5) is 21.8 Å². The number of benzene rings is 1. The molecule has 2 amide bonds. The van der Waals surface area contributed by atoms with Crippen LogP contribution in [0, 0.1) is 17.7 Å². The maximum absolute atomic E-state index is 13.5. The van der Waals surface area contributed by atoms with E-state index in [1.807, 2.05) is 19.0 Å². The molecule has 1 aromatic carbocycles. The number of halogens is 1. The van der Waals surface area contributed by atoms with Gasteiger partial charge in [-0.05, 0) is 51.6 Å². The molecule has 0 aliphatic carbocycles. The Labute approximate surface area is 242 Å². The number of anilines is 3. The van der Waals surface area contributed by atoms with Crippen molar-refractivity contribution >= 4 is 29.3 Å². The van der Waals surface area contributed by atoms with Crippen LogP contribution in [0.25, 0.3) is 0 Å². The minimum atomic E-state index is -0.345. The third-order valence-corrected chi connectivity index (χ3v) is 5.71. The van der Waals surface area contributed by atoms with Gasteiger partial charge in [0.2, 0.25) is 17.8 Å². The molecule has 0 bridgehead atoms. The van der Waals surface area contributed by atoms with Crippen LogP contribution in [0.2, 0.25) is 0 Å². The van der Waals surface area contributed by atoms with Crippen LogP contribution in [0.1, 0.15) is 44.6 Å². The van der Waals surface area contributed by atoms with Crippen molar-refractivity contribution in [2.75, 3.05) is 58.0 Å². The number of likely N-dealkylation sites (N-methyl/N-ethyl adjacent to an activating group) is 1. The van der Waals surface area contributed by atoms with E-state index in [2.05, 4.69) is 50.0 Å². The second kappa shape index (κ2) is 19.1. The van der Waals surface area contributed by atoms with Crippen LogP contribution < -0.4 is 21.3 Å². The predicted octanol–water partition coefficient (Wildman–Crippen LogP) is 3.46. The molecule has 41 heavy (non-hydrogen) atoms. The van der Waals surface area contributed by atoms with Gasteiger partial charge in [0.15, 0.2) is 0 Å². The van der Waals surface area contributed by atoms with Gasteiger partial charge in [-0.3, -0.25) is 9.59 Å². The SMILES string of the molecule is CCCNc1nc(Nc2cccc(F)c2)ncc1C#CCCCNC(=O)CC[C@H](CNC(=O)/C=C/CN(C)C)OC. The van der Waals surface area contributed by atoms with E-state index in [4.69, 9.17) is 4.74 Å². The van der Waals surface area contributed by atoms with E-state index in [1.165, 1.54) is 18.2 Å². The zero-order chi connectivity index (χ0) is 29.9. The Morgan fingerprint density at radius 2 is 2.05 bits per heavy atom. The van der Waals surface area contributed by atoms with E-state index >= 15 is 0 Å². The lowest BCUT2D eigenvalue weighted by atomic mass is 10.2. The van der Waals surface area contributed by atoms with Crippen LogP contribution in [0.5, 0.6) is 0 Å². The van der Waals surface area contributed by atoms with E-state index in [0.717, 1.165) is 13.0 Å². The predicted molar refractivity (Wildman–Crippen MR) is 160 cm³/mol. The number of nitrogens with zero attached hydrogens (tertiary/aromatic N) is 3. The first kappa shape index (κ1) is 33.2. The summed E-state index contributed by atoms with van der Waals surface area (Å²) < 4.78 is 18.9. The number of aromatic nitrogens is 2. The molecule has 11 heteroatoms. The monoisotopic (exact) mass is 567 g/mol. The fraction of sp³-hybridized carbons (Fsp3) is 0.467. The summed E-state index contributed by atoms with van der Waals surface area (Å²) in [6, 6.07) is 6.10. The summed E-state index contributed by atoms with van der Waals surface area (Å²) in [4.78, 5) is 34.9. The summed E-state index contributed by atoms with van der Waals surface area (Å²) in [6.07, 6.45) is 7.68. The average molecular weight is 568 g/mol. The fourth-order valence-corrected chi connectivity index (χ4v) is 3.50. The molecule has 0 radical (unpaired) electrons. The number of rotatable bonds is 17. The van der Waals surface area contributed by atoms with Crippen molar-refractivity contribution in [2.45, 2.75) is 45.1 Å². The molecule has 0 saturated heterocycles. The lowest BCUT2D eigenvalue weighted by Gasteiger charge is -2.15. The van der Waals surface area contributed by atoms with Crippen LogP contribution in [0.15, 0.2) is 42.6 Å². The lowest BCUT2D eigenvalue weighted by molar-refractivity contribution is -0.121. The molecule has 0 spiro atoms. The third kappa shape index (κ3) is 14.3. The number of hydrogen-bond donors (Lipinski definition) is 4. The molecule has 4 N–H and O–H groups in total. The number of methoxy groups -OCH3 is 1. The molecule has 2 rings (SSSR count). The van der Waals surface area contributed by atoms with Crippen molar-refractivity contribution < 1.29 is 18.7 Å². The Hall–Kier alpha value is -4.01. The molecule has 0 saturated carbocycles. The first-order valence-corrected chi connectivity index (χ1v) is 13.8. The Bertz CT molecular complexity index is 1190. The van der Waals surface area contributed by atoms with Crippen molar-refractivity contribution in [3.8, 4) is 11.8 Å². The molecule has 1 heterocycles. The van der Waals surface area contributed by atoms with E-state index in [1.54, 1.807) is 31.5 Å². The van der Waals surface area contributed by atoms with Gasteiger partial charge in [-0.1, -0.05) is 30.9 Å². The van der Waals surface area contributed by atoms with Gasteiger partial charge in [-0.2, -0.15) is 4.98 Å². The maximum Gasteiger partial charge on any atom is 0.243 e. The highest BCUT2D eigenvalue weighted by Gasteiger charge is 2.11. The summed E-state index contributed by atoms with van der Waals surface area (Å²) in [5.74, 6) is 6.57. The molecule has 10 nitrogen and oxygen atoms in total. The van der Waals surface area contributed by atoms with Crippen molar-refractivity contribution in [2.24, 2.45) is 0 Å². The van der Waals surface area contributed by atoms with Gasteiger partial charge in [0.25, 0.3) is 0 Å². The van der Waals surface area contributed by atoms with Gasteiger partial charge >= 0.3 is 0 Å². The maximum atomic E-state index is 13.5. The van der Waals surface area contributed by atoms with E-state index in [-0.39, 0.29) is 23.7 Å². The van der Waals surface area contributed by atoms with Gasteiger partial charge in [0.05, 0.1) is 17.9 Å². The molecule has 0 aliphatic heterocycles. The minimum absolute atomic E-state index is 0.0712. The molecule has 0 aliphatic rings. The highest BCUT2D eigenvalue weighted by molar-refractivity contribution is 5.87. The normalized spacial score (nSPS) is 11.6. The lowest BCUT2D eigenvalue weighted by Crippen LogP contribution is -2.33. The number of amides is 2. The van der Waals surface area contributed by atoms with Crippen molar-refractivity contribution in [1.82, 2.24) is 25.5 Å². The highest BCUT2D eigenvalue weighted by Crippen LogP contribution is 2.18. The van der Waals surface area contributed by atoms with Crippen LogP contribution in [0.3, 0.4) is 0 Å². The first-order valence-electron chi connectivity index (χ1n) is 13.8. The summed E-state index contributed by atoms with van der Waals surface area (Å²) >= 11 is 0. The van der Waals surface area contributed by atoms with Crippen molar-refractivity contribution in [3.05, 3.63) is 54.0 Å². The topological polar surface area (TPSA) is 121 Å².